The second-order valence-electron chi connectivity index (χ2n) is 4.68. The van der Waals surface area contributed by atoms with Crippen molar-refractivity contribution in [1.82, 2.24) is 0 Å². The lowest BCUT2D eigenvalue weighted by Crippen LogP contribution is -2.41. The molecule has 0 aromatic rings. The van der Waals surface area contributed by atoms with Gasteiger partial charge in [-0.1, -0.05) is 25.3 Å². The van der Waals surface area contributed by atoms with Crippen molar-refractivity contribution in [2.75, 3.05) is 0 Å². The Morgan fingerprint density at radius 3 is 2.40 bits per heavy atom. The highest BCUT2D eigenvalue weighted by Gasteiger charge is 2.31. The molecule has 0 aliphatic rings. The Hall–Kier alpha value is -0.233. The fourth-order valence-corrected chi connectivity index (χ4v) is 3.15. The highest BCUT2D eigenvalue weighted by molar-refractivity contribution is 6.69. The maximum Gasteiger partial charge on any atom is 0.184 e. The van der Waals surface area contributed by atoms with Gasteiger partial charge in [0.25, 0.3) is 0 Å². The largest absolute Gasteiger partial charge is 0.408 e. The number of halogens is 1. The molecule has 1 nitrogen and oxygen atoms in total. The minimum Gasteiger partial charge on any atom is -0.408 e. The number of rotatable bonds is 6. The van der Waals surface area contributed by atoms with Crippen LogP contribution in [0.3, 0.4) is 0 Å². The van der Waals surface area contributed by atoms with Gasteiger partial charge in [0.2, 0.25) is 0 Å². The summed E-state index contributed by atoms with van der Waals surface area (Å²) < 4.78 is 6.18. The molecule has 0 rings (SSSR count). The van der Waals surface area contributed by atoms with E-state index < -0.39 is 8.32 Å². The van der Waals surface area contributed by atoms with E-state index in [0.717, 1.165) is 12.8 Å². The minimum absolute atomic E-state index is 0.304. The van der Waals surface area contributed by atoms with Crippen molar-refractivity contribution in [2.24, 2.45) is 0 Å². The molecule has 0 amide bonds. The maximum absolute atomic E-state index is 6.18. The first kappa shape index (κ1) is 14.8. The zero-order valence-corrected chi connectivity index (χ0v) is 11.9. The molecule has 0 aliphatic heterocycles. The van der Waals surface area contributed by atoms with Crippen molar-refractivity contribution in [3.63, 3.8) is 0 Å². The van der Waals surface area contributed by atoms with Crippen molar-refractivity contribution in [3.8, 4) is 11.3 Å². The molecule has 0 aromatic carbocycles. The van der Waals surface area contributed by atoms with E-state index >= 15 is 0 Å². The van der Waals surface area contributed by atoms with E-state index in [1.54, 1.807) is 0 Å². The lowest BCUT2D eigenvalue weighted by Gasteiger charge is -2.35. The smallest absolute Gasteiger partial charge is 0.184 e. The molecule has 15 heavy (non-hydrogen) atoms. The van der Waals surface area contributed by atoms with Crippen molar-refractivity contribution in [2.45, 2.75) is 51.4 Å². The van der Waals surface area contributed by atoms with Crippen LogP contribution in [0.25, 0.3) is 0 Å². The Kier molecular flexibility index (Phi) is 6.27. The molecule has 86 valence electrons. The predicted molar refractivity (Wildman–Crippen MR) is 70.5 cm³/mol. The van der Waals surface area contributed by atoms with Crippen molar-refractivity contribution in [3.05, 3.63) is 12.7 Å². The van der Waals surface area contributed by atoms with E-state index in [1.165, 1.54) is 0 Å². The molecule has 1 atom stereocenters. The molecule has 0 saturated heterocycles. The third-order valence-electron chi connectivity index (χ3n) is 2.01. The summed E-state index contributed by atoms with van der Waals surface area (Å²) in [6.07, 6.45) is 4.53. The molecule has 0 saturated carbocycles. The van der Waals surface area contributed by atoms with E-state index in [2.05, 4.69) is 44.4 Å². The molecule has 0 aromatic heterocycles. The second kappa shape index (κ2) is 6.37. The maximum atomic E-state index is 6.18. The molecule has 0 radical (unpaired) electrons. The van der Waals surface area contributed by atoms with Gasteiger partial charge in [0.1, 0.15) is 0 Å². The summed E-state index contributed by atoms with van der Waals surface area (Å²) in [6.45, 7) is 12.5. The standard InChI is InChI=1S/C12H21ClOSi/c1-6-9-12(7-2,10-8-11-13)14-15(3,4)5/h7H,2,6,9-10H2,1,3-5H3. The van der Waals surface area contributed by atoms with Crippen LogP contribution in [0.4, 0.5) is 0 Å². The Morgan fingerprint density at radius 1 is 1.47 bits per heavy atom. The molecule has 0 N–H and O–H groups in total. The van der Waals surface area contributed by atoms with E-state index in [4.69, 9.17) is 16.0 Å². The van der Waals surface area contributed by atoms with Crippen LogP contribution in [-0.4, -0.2) is 13.9 Å². The zero-order chi connectivity index (χ0) is 11.9. The highest BCUT2D eigenvalue weighted by Crippen LogP contribution is 2.27. The Morgan fingerprint density at radius 2 is 2.07 bits per heavy atom. The van der Waals surface area contributed by atoms with Crippen LogP contribution in [0.1, 0.15) is 26.2 Å². The van der Waals surface area contributed by atoms with Crippen LogP contribution < -0.4 is 0 Å². The van der Waals surface area contributed by atoms with Gasteiger partial charge in [0, 0.05) is 11.8 Å². The van der Waals surface area contributed by atoms with Crippen LogP contribution in [0, 0.1) is 11.3 Å². The van der Waals surface area contributed by atoms with Crippen LogP contribution in [0.15, 0.2) is 12.7 Å². The van der Waals surface area contributed by atoms with Gasteiger partial charge in [-0.3, -0.25) is 0 Å². The fraction of sp³-hybridized carbons (Fsp3) is 0.667. The normalized spacial score (nSPS) is 15.0. The molecule has 0 heterocycles. The molecular formula is C12H21ClOSi. The van der Waals surface area contributed by atoms with Crippen LogP contribution >= 0.6 is 11.6 Å². The van der Waals surface area contributed by atoms with Gasteiger partial charge in [-0.25, -0.2) is 0 Å². The summed E-state index contributed by atoms with van der Waals surface area (Å²) in [4.78, 5) is 0. The monoisotopic (exact) mass is 244 g/mol. The summed E-state index contributed by atoms with van der Waals surface area (Å²) >= 11 is 5.40. The fourth-order valence-electron chi connectivity index (χ4n) is 1.61. The van der Waals surface area contributed by atoms with E-state index in [9.17, 15) is 0 Å². The average molecular weight is 245 g/mol. The molecule has 0 spiro atoms. The molecular weight excluding hydrogens is 224 g/mol. The minimum atomic E-state index is -1.58. The average Bonchev–Trinajstić information content (AvgIpc) is 2.12. The Balaban J connectivity index is 4.76. The quantitative estimate of drug-likeness (QED) is 0.388. The molecule has 3 heteroatoms. The summed E-state index contributed by atoms with van der Waals surface area (Å²) in [5.41, 5.74) is -0.304. The first-order chi connectivity index (χ1) is 6.89. The van der Waals surface area contributed by atoms with Gasteiger partial charge in [0.05, 0.1) is 5.60 Å². The van der Waals surface area contributed by atoms with Crippen molar-refractivity contribution in [1.29, 1.82) is 0 Å². The second-order valence-corrected chi connectivity index (χ2v) is 9.30. The molecule has 1 unspecified atom stereocenters. The zero-order valence-electron chi connectivity index (χ0n) is 10.2. The molecule has 0 fully saturated rings. The van der Waals surface area contributed by atoms with E-state index in [-0.39, 0.29) is 5.60 Å². The van der Waals surface area contributed by atoms with Gasteiger partial charge >= 0.3 is 0 Å². The number of hydrogen-bond donors (Lipinski definition) is 0. The van der Waals surface area contributed by atoms with Gasteiger partial charge in [-0.2, -0.15) is 0 Å². The van der Waals surface area contributed by atoms with Gasteiger partial charge in [-0.15, -0.1) is 6.58 Å². The van der Waals surface area contributed by atoms with E-state index in [1.807, 2.05) is 6.08 Å². The van der Waals surface area contributed by atoms with Gasteiger partial charge < -0.3 is 4.43 Å². The third kappa shape index (κ3) is 6.04. The topological polar surface area (TPSA) is 9.23 Å². The first-order valence-corrected chi connectivity index (χ1v) is 9.10. The first-order valence-electron chi connectivity index (χ1n) is 5.31. The molecule has 0 bridgehead atoms. The number of hydrogen-bond acceptors (Lipinski definition) is 1. The lowest BCUT2D eigenvalue weighted by molar-refractivity contribution is 0.107. The van der Waals surface area contributed by atoms with Crippen molar-refractivity contribution < 1.29 is 4.43 Å². The lowest BCUT2D eigenvalue weighted by atomic mass is 9.95. The highest BCUT2D eigenvalue weighted by atomic mass is 35.5. The van der Waals surface area contributed by atoms with Crippen LogP contribution in [0.2, 0.25) is 19.6 Å². The van der Waals surface area contributed by atoms with Crippen LogP contribution in [0.5, 0.6) is 0 Å². The van der Waals surface area contributed by atoms with Crippen molar-refractivity contribution >= 4 is 19.9 Å². The molecule has 0 aliphatic carbocycles. The van der Waals surface area contributed by atoms with E-state index in [0.29, 0.717) is 6.42 Å². The SMILES string of the molecule is C=CC(CC#CCl)(CCC)O[Si](C)(C)C. The Bertz CT molecular complexity index is 259. The predicted octanol–water partition coefficient (Wildman–Crippen LogP) is 4.15. The Labute approximate surface area is 100.0 Å². The summed E-state index contributed by atoms with van der Waals surface area (Å²) in [6, 6.07) is 0. The van der Waals surface area contributed by atoms with Crippen LogP contribution in [-0.2, 0) is 4.43 Å². The summed E-state index contributed by atoms with van der Waals surface area (Å²) in [5, 5.41) is 2.41. The van der Waals surface area contributed by atoms with Gasteiger partial charge in [0.15, 0.2) is 8.32 Å². The summed E-state index contributed by atoms with van der Waals surface area (Å²) in [7, 11) is -1.58. The van der Waals surface area contributed by atoms with Gasteiger partial charge in [-0.05, 0) is 37.7 Å². The third-order valence-corrected chi connectivity index (χ3v) is 3.16. The summed E-state index contributed by atoms with van der Waals surface area (Å²) in [5.74, 6) is 2.89.